The molecule has 0 spiro atoms. The molecular weight excluding hydrogens is 749 g/mol. The zero-order valence-electron chi connectivity index (χ0n) is 36.7. The van der Waals surface area contributed by atoms with Crippen molar-refractivity contribution in [3.63, 3.8) is 0 Å². The van der Waals surface area contributed by atoms with Crippen LogP contribution in [-0.4, -0.2) is 23.4 Å². The standard InChI is InChI=1S/C57H56O4/c1-36-26-28-38-18-9-11-20-42(38)52(36)48-34-40(56(3,4)5)32-46(54(48)58)44-22-13-15-24-50(44)60-30-17-31-61-51-25-16-14-23-45(51)47-33-41(57(6,7)8)35-49(55(47)59)53-37(2)27-29-39-19-10-12-21-43(39)53/h9-16,18-29,32-35,58-59H,17,30-31H2,1-8H3. The van der Waals surface area contributed by atoms with Gasteiger partial charge in [0.25, 0.3) is 0 Å². The van der Waals surface area contributed by atoms with E-state index in [1.165, 1.54) is 0 Å². The van der Waals surface area contributed by atoms with Gasteiger partial charge < -0.3 is 19.7 Å². The minimum atomic E-state index is -0.166. The predicted octanol–water partition coefficient (Wildman–Crippen LogP) is 15.1. The van der Waals surface area contributed by atoms with Gasteiger partial charge in [-0.3, -0.25) is 0 Å². The monoisotopic (exact) mass is 804 g/mol. The summed E-state index contributed by atoms with van der Waals surface area (Å²) in [6.45, 7) is 18.3. The quantitative estimate of drug-likeness (QED) is 0.135. The molecule has 0 radical (unpaired) electrons. The zero-order valence-corrected chi connectivity index (χ0v) is 36.7. The van der Waals surface area contributed by atoms with Gasteiger partial charge in [0.1, 0.15) is 23.0 Å². The van der Waals surface area contributed by atoms with Gasteiger partial charge in [-0.25, -0.2) is 0 Å². The number of aryl methyl sites for hydroxylation is 2. The van der Waals surface area contributed by atoms with Gasteiger partial charge in [-0.15, -0.1) is 0 Å². The van der Waals surface area contributed by atoms with Gasteiger partial charge in [-0.05, 0) is 116 Å². The molecule has 0 aliphatic carbocycles. The third-order valence-electron chi connectivity index (χ3n) is 11.9. The van der Waals surface area contributed by atoms with Crippen molar-refractivity contribution in [2.45, 2.75) is 72.6 Å². The lowest BCUT2D eigenvalue weighted by molar-refractivity contribution is 0.248. The highest BCUT2D eigenvalue weighted by Crippen LogP contribution is 2.49. The normalized spacial score (nSPS) is 11.9. The highest BCUT2D eigenvalue weighted by Gasteiger charge is 2.25. The summed E-state index contributed by atoms with van der Waals surface area (Å²) < 4.78 is 13.0. The fraction of sp³-hybridized carbons (Fsp3) is 0.228. The number of fused-ring (bicyclic) bond motifs is 2. The van der Waals surface area contributed by atoms with Crippen molar-refractivity contribution >= 4 is 21.5 Å². The second-order valence-electron chi connectivity index (χ2n) is 18.3. The molecule has 0 bridgehead atoms. The predicted molar refractivity (Wildman–Crippen MR) is 255 cm³/mol. The largest absolute Gasteiger partial charge is 0.507 e. The number of phenolic OH excluding ortho intramolecular Hbond substituents is 2. The first-order valence-corrected chi connectivity index (χ1v) is 21.4. The highest BCUT2D eigenvalue weighted by atomic mass is 16.5. The van der Waals surface area contributed by atoms with E-state index >= 15 is 0 Å². The molecule has 0 aromatic heterocycles. The van der Waals surface area contributed by atoms with Gasteiger partial charge in [0, 0.05) is 39.8 Å². The Morgan fingerprint density at radius 1 is 0.410 bits per heavy atom. The van der Waals surface area contributed by atoms with Crippen LogP contribution in [0.15, 0.2) is 146 Å². The van der Waals surface area contributed by atoms with Crippen molar-refractivity contribution in [2.75, 3.05) is 13.2 Å². The Kier molecular flexibility index (Phi) is 11.2. The van der Waals surface area contributed by atoms with Crippen LogP contribution in [0.2, 0.25) is 0 Å². The molecule has 4 nitrogen and oxygen atoms in total. The fourth-order valence-corrected chi connectivity index (χ4v) is 8.46. The van der Waals surface area contributed by atoms with E-state index < -0.39 is 0 Å². The summed E-state index contributed by atoms with van der Waals surface area (Å²) in [6, 6.07) is 49.7. The molecule has 0 heterocycles. The lowest BCUT2D eigenvalue weighted by Crippen LogP contribution is -2.12. The molecule has 8 aromatic rings. The SMILES string of the molecule is Cc1ccc2ccccc2c1-c1cc(C(C)(C)C)cc(-c2ccccc2OCCCOc2ccccc2-c2cc(C(C)(C)C)cc(-c3c(C)ccc4ccccc34)c2O)c1O. The maximum absolute atomic E-state index is 12.2. The van der Waals surface area contributed by atoms with Crippen LogP contribution in [0, 0.1) is 13.8 Å². The second-order valence-corrected chi connectivity index (χ2v) is 18.3. The van der Waals surface area contributed by atoms with Gasteiger partial charge >= 0.3 is 0 Å². The molecule has 308 valence electrons. The van der Waals surface area contributed by atoms with Crippen molar-refractivity contribution in [1.29, 1.82) is 0 Å². The second kappa shape index (κ2) is 16.5. The van der Waals surface area contributed by atoms with E-state index in [0.717, 1.165) is 88.3 Å². The summed E-state index contributed by atoms with van der Waals surface area (Å²) in [5.74, 6) is 1.87. The number of benzene rings is 8. The lowest BCUT2D eigenvalue weighted by atomic mass is 9.81. The topological polar surface area (TPSA) is 58.9 Å². The molecule has 0 aliphatic rings. The molecular formula is C57H56O4. The average molecular weight is 805 g/mol. The van der Waals surface area contributed by atoms with Crippen molar-refractivity contribution in [1.82, 2.24) is 0 Å². The first-order chi connectivity index (χ1) is 29.2. The summed E-state index contributed by atoms with van der Waals surface area (Å²) in [7, 11) is 0. The van der Waals surface area contributed by atoms with Crippen LogP contribution < -0.4 is 9.47 Å². The number of rotatable bonds is 10. The van der Waals surface area contributed by atoms with Gasteiger partial charge in [0.05, 0.1) is 13.2 Å². The Morgan fingerprint density at radius 2 is 0.770 bits per heavy atom. The van der Waals surface area contributed by atoms with E-state index in [1.807, 2.05) is 48.5 Å². The Morgan fingerprint density at radius 3 is 1.18 bits per heavy atom. The molecule has 8 rings (SSSR count). The molecule has 0 fully saturated rings. The first-order valence-electron chi connectivity index (χ1n) is 21.4. The van der Waals surface area contributed by atoms with Gasteiger partial charge in [0.15, 0.2) is 0 Å². The Bertz CT molecular complexity index is 2710. The van der Waals surface area contributed by atoms with E-state index in [4.69, 9.17) is 9.47 Å². The molecule has 0 aliphatic heterocycles. The van der Waals surface area contributed by atoms with Crippen LogP contribution in [0.3, 0.4) is 0 Å². The van der Waals surface area contributed by atoms with E-state index in [0.29, 0.717) is 31.1 Å². The van der Waals surface area contributed by atoms with Crippen molar-refractivity contribution in [3.05, 3.63) is 168 Å². The number of hydrogen-bond acceptors (Lipinski definition) is 4. The third kappa shape index (κ3) is 8.20. The Labute approximate surface area is 361 Å². The maximum atomic E-state index is 12.2. The summed E-state index contributed by atoms with van der Waals surface area (Å²) >= 11 is 0. The van der Waals surface area contributed by atoms with Crippen LogP contribution in [0.5, 0.6) is 23.0 Å². The van der Waals surface area contributed by atoms with E-state index in [2.05, 4.69) is 152 Å². The van der Waals surface area contributed by atoms with Crippen LogP contribution >= 0.6 is 0 Å². The molecule has 2 N–H and O–H groups in total. The smallest absolute Gasteiger partial charge is 0.131 e. The van der Waals surface area contributed by atoms with Crippen molar-refractivity contribution < 1.29 is 19.7 Å². The summed E-state index contributed by atoms with van der Waals surface area (Å²) in [6.07, 6.45) is 0.617. The molecule has 8 aromatic carbocycles. The third-order valence-corrected chi connectivity index (χ3v) is 11.9. The van der Waals surface area contributed by atoms with Gasteiger partial charge in [-0.2, -0.15) is 0 Å². The van der Waals surface area contributed by atoms with Crippen LogP contribution in [0.25, 0.3) is 66.1 Å². The van der Waals surface area contributed by atoms with E-state index in [9.17, 15) is 10.2 Å². The van der Waals surface area contributed by atoms with Crippen molar-refractivity contribution in [3.8, 4) is 67.5 Å². The molecule has 0 amide bonds. The molecule has 4 heteroatoms. The minimum Gasteiger partial charge on any atom is -0.507 e. The lowest BCUT2D eigenvalue weighted by Gasteiger charge is -2.24. The summed E-state index contributed by atoms with van der Waals surface area (Å²) in [4.78, 5) is 0. The fourth-order valence-electron chi connectivity index (χ4n) is 8.46. The Balaban J connectivity index is 1.07. The minimum absolute atomic E-state index is 0.166. The van der Waals surface area contributed by atoms with Crippen molar-refractivity contribution in [2.24, 2.45) is 0 Å². The molecule has 61 heavy (non-hydrogen) atoms. The first kappa shape index (κ1) is 41.2. The summed E-state index contributed by atoms with van der Waals surface area (Å²) in [5.41, 5.74) is 11.0. The number of ether oxygens (including phenoxy) is 2. The highest BCUT2D eigenvalue weighted by molar-refractivity contribution is 6.02. The van der Waals surface area contributed by atoms with E-state index in [1.54, 1.807) is 0 Å². The van der Waals surface area contributed by atoms with Gasteiger partial charge in [-0.1, -0.05) is 151 Å². The molecule has 0 atom stereocenters. The van der Waals surface area contributed by atoms with E-state index in [-0.39, 0.29) is 22.3 Å². The number of phenols is 2. The van der Waals surface area contributed by atoms with Crippen LogP contribution in [-0.2, 0) is 10.8 Å². The number of aromatic hydroxyl groups is 2. The summed E-state index contributed by atoms with van der Waals surface area (Å²) in [5, 5.41) is 28.8. The zero-order chi connectivity index (χ0) is 43.1. The molecule has 0 saturated carbocycles. The average Bonchev–Trinajstić information content (AvgIpc) is 3.24. The van der Waals surface area contributed by atoms with Crippen LogP contribution in [0.4, 0.5) is 0 Å². The Hall–Kier alpha value is -6.52. The van der Waals surface area contributed by atoms with Crippen LogP contribution in [0.1, 0.15) is 70.2 Å². The number of para-hydroxylation sites is 2. The molecule has 0 unspecified atom stereocenters. The maximum Gasteiger partial charge on any atom is 0.131 e. The molecule has 0 saturated heterocycles. The number of hydrogen-bond donors (Lipinski definition) is 2. The van der Waals surface area contributed by atoms with Gasteiger partial charge in [0.2, 0.25) is 0 Å².